The van der Waals surface area contributed by atoms with Crippen molar-refractivity contribution in [2.75, 3.05) is 5.32 Å². The highest BCUT2D eigenvalue weighted by Crippen LogP contribution is 2.20. The van der Waals surface area contributed by atoms with Crippen LogP contribution >= 0.6 is 11.6 Å². The number of nitrogens with zero attached hydrogens (tertiary/aromatic N) is 1. The van der Waals surface area contributed by atoms with E-state index in [1.165, 1.54) is 24.3 Å². The molecule has 2 amide bonds. The first kappa shape index (κ1) is 19.5. The number of nitrogens with one attached hydrogen (secondary N) is 2. The Hall–Kier alpha value is -3.25. The second kappa shape index (κ2) is 8.63. The van der Waals surface area contributed by atoms with Gasteiger partial charge in [0.25, 0.3) is 11.8 Å². The molecule has 0 fully saturated rings. The zero-order valence-corrected chi connectivity index (χ0v) is 15.7. The molecule has 0 saturated heterocycles. The molecule has 0 bridgehead atoms. The molecule has 1 aromatic heterocycles. The molecule has 0 saturated carbocycles. The van der Waals surface area contributed by atoms with Crippen LogP contribution in [0.1, 0.15) is 39.5 Å². The van der Waals surface area contributed by atoms with Crippen LogP contribution in [-0.4, -0.2) is 16.8 Å². The standard InChI is InChI=1S/C21H17ClFN3O2/c1-13(14-6-3-2-4-7-14)24-20(27)18-8-5-9-19(26-18)21(28)25-15-10-11-17(23)16(22)12-15/h2-13H,1H3,(H,24,27)(H,25,28). The van der Waals surface area contributed by atoms with Gasteiger partial charge in [-0.05, 0) is 42.8 Å². The summed E-state index contributed by atoms with van der Waals surface area (Å²) in [6, 6.07) is 17.7. The van der Waals surface area contributed by atoms with Crippen LogP contribution in [0, 0.1) is 5.82 Å². The van der Waals surface area contributed by atoms with Crippen LogP contribution in [-0.2, 0) is 0 Å². The lowest BCUT2D eigenvalue weighted by atomic mass is 10.1. The number of pyridine rings is 1. The van der Waals surface area contributed by atoms with Crippen LogP contribution < -0.4 is 10.6 Å². The van der Waals surface area contributed by atoms with E-state index in [9.17, 15) is 14.0 Å². The Morgan fingerprint density at radius 2 is 1.64 bits per heavy atom. The molecule has 28 heavy (non-hydrogen) atoms. The van der Waals surface area contributed by atoms with Gasteiger partial charge in [-0.1, -0.05) is 48.0 Å². The Kier molecular flexibility index (Phi) is 6.01. The number of rotatable bonds is 5. The van der Waals surface area contributed by atoms with E-state index < -0.39 is 17.6 Å². The predicted octanol–water partition coefficient (Wildman–Crippen LogP) is 4.62. The topological polar surface area (TPSA) is 71.1 Å². The summed E-state index contributed by atoms with van der Waals surface area (Å²) in [5.74, 6) is -1.51. The van der Waals surface area contributed by atoms with Crippen LogP contribution in [0.2, 0.25) is 5.02 Å². The second-order valence-corrected chi connectivity index (χ2v) is 6.50. The average molecular weight is 398 g/mol. The fourth-order valence-electron chi connectivity index (χ4n) is 2.55. The van der Waals surface area contributed by atoms with Gasteiger partial charge in [-0.25, -0.2) is 9.37 Å². The molecule has 2 N–H and O–H groups in total. The third-order valence-electron chi connectivity index (χ3n) is 4.04. The monoisotopic (exact) mass is 397 g/mol. The number of anilines is 1. The van der Waals surface area contributed by atoms with Crippen LogP contribution in [0.15, 0.2) is 66.7 Å². The molecule has 1 atom stereocenters. The number of carbonyl (C=O) groups excluding carboxylic acids is 2. The van der Waals surface area contributed by atoms with Crippen LogP contribution in [0.3, 0.4) is 0 Å². The minimum absolute atomic E-state index is 0.0560. The second-order valence-electron chi connectivity index (χ2n) is 6.10. The van der Waals surface area contributed by atoms with E-state index in [-0.39, 0.29) is 22.5 Å². The predicted molar refractivity (Wildman–Crippen MR) is 106 cm³/mol. The van der Waals surface area contributed by atoms with Crippen molar-refractivity contribution in [1.82, 2.24) is 10.3 Å². The van der Waals surface area contributed by atoms with Gasteiger partial charge in [0.2, 0.25) is 0 Å². The average Bonchev–Trinajstić information content (AvgIpc) is 2.71. The van der Waals surface area contributed by atoms with Gasteiger partial charge in [-0.2, -0.15) is 0 Å². The molecule has 1 heterocycles. The fourth-order valence-corrected chi connectivity index (χ4v) is 2.73. The van der Waals surface area contributed by atoms with E-state index in [0.29, 0.717) is 5.69 Å². The van der Waals surface area contributed by atoms with Crippen molar-refractivity contribution in [3.8, 4) is 0 Å². The van der Waals surface area contributed by atoms with Crippen molar-refractivity contribution in [2.24, 2.45) is 0 Å². The minimum Gasteiger partial charge on any atom is -0.344 e. The Morgan fingerprint density at radius 3 is 2.32 bits per heavy atom. The van der Waals surface area contributed by atoms with Gasteiger partial charge in [0, 0.05) is 5.69 Å². The number of aromatic nitrogens is 1. The van der Waals surface area contributed by atoms with E-state index in [0.717, 1.165) is 11.6 Å². The summed E-state index contributed by atoms with van der Waals surface area (Å²) in [6.45, 7) is 1.86. The number of amides is 2. The Labute approximate surface area is 166 Å². The maximum atomic E-state index is 13.2. The summed E-state index contributed by atoms with van der Waals surface area (Å²) < 4.78 is 13.2. The normalized spacial score (nSPS) is 11.5. The number of benzene rings is 2. The molecule has 2 aromatic carbocycles. The van der Waals surface area contributed by atoms with Crippen molar-refractivity contribution < 1.29 is 14.0 Å². The van der Waals surface area contributed by atoms with Crippen LogP contribution in [0.25, 0.3) is 0 Å². The SMILES string of the molecule is CC(NC(=O)c1cccc(C(=O)Nc2ccc(F)c(Cl)c2)n1)c1ccccc1. The Morgan fingerprint density at radius 1 is 0.964 bits per heavy atom. The lowest BCUT2D eigenvalue weighted by Gasteiger charge is -2.14. The van der Waals surface area contributed by atoms with Crippen LogP contribution in [0.4, 0.5) is 10.1 Å². The maximum absolute atomic E-state index is 13.2. The van der Waals surface area contributed by atoms with Gasteiger partial charge >= 0.3 is 0 Å². The van der Waals surface area contributed by atoms with Crippen molar-refractivity contribution in [2.45, 2.75) is 13.0 Å². The fraction of sp³-hybridized carbons (Fsp3) is 0.0952. The molecular formula is C21H17ClFN3O2. The van der Waals surface area contributed by atoms with Gasteiger partial charge < -0.3 is 10.6 Å². The molecule has 0 aliphatic rings. The van der Waals surface area contributed by atoms with Gasteiger partial charge in [0.15, 0.2) is 0 Å². The maximum Gasteiger partial charge on any atom is 0.274 e. The third kappa shape index (κ3) is 4.72. The minimum atomic E-state index is -0.580. The summed E-state index contributed by atoms with van der Waals surface area (Å²) in [4.78, 5) is 29.0. The van der Waals surface area contributed by atoms with E-state index in [4.69, 9.17) is 11.6 Å². The molecule has 0 spiro atoms. The first-order chi connectivity index (χ1) is 13.4. The molecule has 142 valence electrons. The molecule has 3 aromatic rings. The molecule has 1 unspecified atom stereocenters. The number of hydrogen-bond acceptors (Lipinski definition) is 3. The van der Waals surface area contributed by atoms with Crippen LogP contribution in [0.5, 0.6) is 0 Å². The summed E-state index contributed by atoms with van der Waals surface area (Å²) in [6.07, 6.45) is 0. The molecule has 0 aliphatic heterocycles. The lowest BCUT2D eigenvalue weighted by molar-refractivity contribution is 0.0934. The van der Waals surface area contributed by atoms with Crippen molar-refractivity contribution in [1.29, 1.82) is 0 Å². The molecule has 3 rings (SSSR count). The molecule has 0 aliphatic carbocycles. The van der Waals surface area contributed by atoms with Gasteiger partial charge in [-0.15, -0.1) is 0 Å². The number of carbonyl (C=O) groups is 2. The summed E-state index contributed by atoms with van der Waals surface area (Å²) in [5, 5.41) is 5.32. The third-order valence-corrected chi connectivity index (χ3v) is 4.33. The Balaban J connectivity index is 1.71. The molecule has 7 heteroatoms. The van der Waals surface area contributed by atoms with E-state index in [2.05, 4.69) is 15.6 Å². The first-order valence-electron chi connectivity index (χ1n) is 8.53. The van der Waals surface area contributed by atoms with Gasteiger partial charge in [0.05, 0.1) is 11.1 Å². The van der Waals surface area contributed by atoms with Crippen molar-refractivity contribution in [3.63, 3.8) is 0 Å². The molecule has 5 nitrogen and oxygen atoms in total. The highest BCUT2D eigenvalue weighted by atomic mass is 35.5. The summed E-state index contributed by atoms with van der Waals surface area (Å²) >= 11 is 5.71. The highest BCUT2D eigenvalue weighted by Gasteiger charge is 2.15. The highest BCUT2D eigenvalue weighted by molar-refractivity contribution is 6.31. The van der Waals surface area contributed by atoms with E-state index >= 15 is 0 Å². The smallest absolute Gasteiger partial charge is 0.274 e. The molecular weight excluding hydrogens is 381 g/mol. The summed E-state index contributed by atoms with van der Waals surface area (Å²) in [5.41, 5.74) is 1.46. The van der Waals surface area contributed by atoms with Crippen molar-refractivity contribution in [3.05, 3.63) is 94.5 Å². The number of hydrogen-bond donors (Lipinski definition) is 2. The van der Waals surface area contributed by atoms with Crippen molar-refractivity contribution >= 4 is 29.1 Å². The first-order valence-corrected chi connectivity index (χ1v) is 8.91. The quantitative estimate of drug-likeness (QED) is 0.660. The van der Waals surface area contributed by atoms with E-state index in [1.807, 2.05) is 37.3 Å². The number of halogens is 2. The van der Waals surface area contributed by atoms with E-state index in [1.54, 1.807) is 6.07 Å². The van der Waals surface area contributed by atoms with Gasteiger partial charge in [-0.3, -0.25) is 9.59 Å². The molecule has 0 radical (unpaired) electrons. The van der Waals surface area contributed by atoms with Gasteiger partial charge in [0.1, 0.15) is 17.2 Å². The largest absolute Gasteiger partial charge is 0.344 e. The lowest BCUT2D eigenvalue weighted by Crippen LogP contribution is -2.28. The summed E-state index contributed by atoms with van der Waals surface area (Å²) in [7, 11) is 0. The Bertz CT molecular complexity index is 1010. The zero-order valence-electron chi connectivity index (χ0n) is 14.9. The zero-order chi connectivity index (χ0) is 20.1.